The van der Waals surface area contributed by atoms with Crippen molar-refractivity contribution < 1.29 is 4.79 Å². The number of anilines is 1. The van der Waals surface area contributed by atoms with Gasteiger partial charge in [-0.05, 0) is 37.6 Å². The van der Waals surface area contributed by atoms with Crippen LogP contribution in [0.4, 0.5) is 5.82 Å². The topological polar surface area (TPSA) is 77.8 Å². The summed E-state index contributed by atoms with van der Waals surface area (Å²) in [4.78, 5) is 16.1. The van der Waals surface area contributed by atoms with E-state index in [1.807, 2.05) is 44.2 Å². The molecule has 1 amide bonds. The van der Waals surface area contributed by atoms with Crippen LogP contribution in [-0.4, -0.2) is 24.0 Å². The first-order valence-corrected chi connectivity index (χ1v) is 7.06. The molecule has 5 nitrogen and oxygen atoms in total. The van der Waals surface area contributed by atoms with E-state index in [0.29, 0.717) is 30.2 Å². The molecule has 0 saturated carbocycles. The highest BCUT2D eigenvalue weighted by Gasteiger charge is 2.04. The van der Waals surface area contributed by atoms with Gasteiger partial charge in [0.1, 0.15) is 17.6 Å². The Hall–Kier alpha value is -2.87. The van der Waals surface area contributed by atoms with E-state index in [4.69, 9.17) is 5.26 Å². The summed E-state index contributed by atoms with van der Waals surface area (Å²) in [6, 6.07) is 13.1. The lowest BCUT2D eigenvalue weighted by molar-refractivity contribution is 0.0955. The number of carbonyl (C=O) groups excluding carboxylic acids is 1. The first-order chi connectivity index (χ1) is 10.6. The van der Waals surface area contributed by atoms with E-state index in [2.05, 4.69) is 15.6 Å². The average molecular weight is 294 g/mol. The number of hydrogen-bond acceptors (Lipinski definition) is 4. The summed E-state index contributed by atoms with van der Waals surface area (Å²) in [6.45, 7) is 4.84. The van der Waals surface area contributed by atoms with Gasteiger partial charge in [0.25, 0.3) is 5.91 Å². The Balaban J connectivity index is 1.81. The third-order valence-electron chi connectivity index (χ3n) is 3.23. The van der Waals surface area contributed by atoms with E-state index < -0.39 is 0 Å². The molecule has 0 aliphatic carbocycles. The molecule has 0 spiro atoms. The van der Waals surface area contributed by atoms with E-state index in [-0.39, 0.29) is 5.91 Å². The Kier molecular flexibility index (Phi) is 5.10. The number of aryl methyl sites for hydroxylation is 2. The third-order valence-corrected chi connectivity index (χ3v) is 3.23. The zero-order valence-corrected chi connectivity index (χ0v) is 12.7. The van der Waals surface area contributed by atoms with Crippen molar-refractivity contribution in [3.63, 3.8) is 0 Å². The van der Waals surface area contributed by atoms with Crippen LogP contribution in [0.15, 0.2) is 36.4 Å². The molecule has 2 aromatic rings. The van der Waals surface area contributed by atoms with Gasteiger partial charge in [0.2, 0.25) is 0 Å². The zero-order chi connectivity index (χ0) is 15.9. The lowest BCUT2D eigenvalue weighted by Crippen LogP contribution is -2.28. The highest BCUT2D eigenvalue weighted by Crippen LogP contribution is 2.08. The van der Waals surface area contributed by atoms with Crippen LogP contribution >= 0.6 is 0 Å². The maximum Gasteiger partial charge on any atom is 0.251 e. The summed E-state index contributed by atoms with van der Waals surface area (Å²) < 4.78 is 0. The minimum absolute atomic E-state index is 0.101. The summed E-state index contributed by atoms with van der Waals surface area (Å²) in [7, 11) is 0. The second-order valence-electron chi connectivity index (χ2n) is 5.02. The van der Waals surface area contributed by atoms with Gasteiger partial charge in [-0.25, -0.2) is 4.98 Å². The summed E-state index contributed by atoms with van der Waals surface area (Å²) in [5, 5.41) is 14.9. The normalized spacial score (nSPS) is 9.86. The Bertz CT molecular complexity index is 702. The van der Waals surface area contributed by atoms with Crippen LogP contribution in [0.3, 0.4) is 0 Å². The zero-order valence-electron chi connectivity index (χ0n) is 12.7. The molecular formula is C17H18N4O. The fourth-order valence-electron chi connectivity index (χ4n) is 1.91. The molecule has 112 valence electrons. The van der Waals surface area contributed by atoms with Crippen molar-refractivity contribution in [2.45, 2.75) is 13.8 Å². The van der Waals surface area contributed by atoms with Crippen molar-refractivity contribution in [2.75, 3.05) is 18.4 Å². The average Bonchev–Trinajstić information content (AvgIpc) is 2.53. The molecular weight excluding hydrogens is 276 g/mol. The summed E-state index contributed by atoms with van der Waals surface area (Å²) in [5.74, 6) is 0.531. The van der Waals surface area contributed by atoms with Crippen LogP contribution in [-0.2, 0) is 0 Å². The molecule has 2 rings (SSSR count). The SMILES string of the molecule is Cc1ccc(C(=O)NCCNc2ccc(C)c(C#N)n2)cc1. The molecule has 1 aromatic heterocycles. The van der Waals surface area contributed by atoms with Gasteiger partial charge in [-0.1, -0.05) is 23.8 Å². The van der Waals surface area contributed by atoms with Gasteiger partial charge in [0.15, 0.2) is 0 Å². The molecule has 0 bridgehead atoms. The Labute approximate surface area is 130 Å². The maximum atomic E-state index is 11.9. The number of aromatic nitrogens is 1. The van der Waals surface area contributed by atoms with E-state index in [0.717, 1.165) is 11.1 Å². The van der Waals surface area contributed by atoms with Gasteiger partial charge in [0.05, 0.1) is 0 Å². The fraction of sp³-hybridized carbons (Fsp3) is 0.235. The Morgan fingerprint density at radius 3 is 2.55 bits per heavy atom. The predicted molar refractivity (Wildman–Crippen MR) is 85.7 cm³/mol. The van der Waals surface area contributed by atoms with Crippen molar-refractivity contribution in [2.24, 2.45) is 0 Å². The van der Waals surface area contributed by atoms with Crippen LogP contribution < -0.4 is 10.6 Å². The van der Waals surface area contributed by atoms with Crippen molar-refractivity contribution in [1.82, 2.24) is 10.3 Å². The molecule has 0 unspecified atom stereocenters. The second-order valence-corrected chi connectivity index (χ2v) is 5.02. The lowest BCUT2D eigenvalue weighted by Gasteiger charge is -2.08. The van der Waals surface area contributed by atoms with Crippen LogP contribution in [0.2, 0.25) is 0 Å². The van der Waals surface area contributed by atoms with Gasteiger partial charge in [0, 0.05) is 18.7 Å². The smallest absolute Gasteiger partial charge is 0.251 e. The molecule has 5 heteroatoms. The first kappa shape index (κ1) is 15.5. The standard InChI is InChI=1S/C17H18N4O/c1-12-3-6-14(7-4-12)17(22)20-10-9-19-16-8-5-13(2)15(11-18)21-16/h3-8H,9-10H2,1-2H3,(H,19,21)(H,20,22). The molecule has 0 aliphatic heterocycles. The molecule has 0 radical (unpaired) electrons. The van der Waals surface area contributed by atoms with Gasteiger partial charge in [-0.3, -0.25) is 4.79 Å². The number of carbonyl (C=O) groups is 1. The van der Waals surface area contributed by atoms with Crippen molar-refractivity contribution in [3.8, 4) is 6.07 Å². The summed E-state index contributed by atoms with van der Waals surface area (Å²) in [6.07, 6.45) is 0. The summed E-state index contributed by atoms with van der Waals surface area (Å²) in [5.41, 5.74) is 3.03. The predicted octanol–water partition coefficient (Wildman–Crippen LogP) is 2.41. The molecule has 0 atom stereocenters. The van der Waals surface area contributed by atoms with E-state index >= 15 is 0 Å². The van der Waals surface area contributed by atoms with Crippen LogP contribution in [0.5, 0.6) is 0 Å². The molecule has 1 heterocycles. The third kappa shape index (κ3) is 4.06. The van der Waals surface area contributed by atoms with Gasteiger partial charge >= 0.3 is 0 Å². The van der Waals surface area contributed by atoms with Crippen LogP contribution in [0.1, 0.15) is 27.2 Å². The number of nitrogens with one attached hydrogen (secondary N) is 2. The number of pyridine rings is 1. The molecule has 0 saturated heterocycles. The van der Waals surface area contributed by atoms with Gasteiger partial charge in [-0.2, -0.15) is 5.26 Å². The van der Waals surface area contributed by atoms with Crippen molar-refractivity contribution in [3.05, 3.63) is 58.8 Å². The molecule has 0 aliphatic rings. The van der Waals surface area contributed by atoms with Crippen molar-refractivity contribution >= 4 is 11.7 Å². The van der Waals surface area contributed by atoms with Crippen LogP contribution in [0.25, 0.3) is 0 Å². The lowest BCUT2D eigenvalue weighted by atomic mass is 10.1. The second kappa shape index (κ2) is 7.23. The first-order valence-electron chi connectivity index (χ1n) is 7.06. The van der Waals surface area contributed by atoms with Gasteiger partial charge in [-0.15, -0.1) is 0 Å². The summed E-state index contributed by atoms with van der Waals surface area (Å²) >= 11 is 0. The quantitative estimate of drug-likeness (QED) is 0.830. The van der Waals surface area contributed by atoms with E-state index in [1.165, 1.54) is 0 Å². The largest absolute Gasteiger partial charge is 0.368 e. The minimum atomic E-state index is -0.101. The Morgan fingerprint density at radius 2 is 1.86 bits per heavy atom. The number of nitrogens with zero attached hydrogens (tertiary/aromatic N) is 2. The molecule has 0 fully saturated rings. The number of nitriles is 1. The fourth-order valence-corrected chi connectivity index (χ4v) is 1.91. The monoisotopic (exact) mass is 294 g/mol. The number of rotatable bonds is 5. The number of hydrogen-bond donors (Lipinski definition) is 2. The van der Waals surface area contributed by atoms with Gasteiger partial charge < -0.3 is 10.6 Å². The Morgan fingerprint density at radius 1 is 1.14 bits per heavy atom. The highest BCUT2D eigenvalue weighted by atomic mass is 16.1. The number of amides is 1. The highest BCUT2D eigenvalue weighted by molar-refractivity contribution is 5.94. The molecule has 22 heavy (non-hydrogen) atoms. The van der Waals surface area contributed by atoms with Crippen molar-refractivity contribution in [1.29, 1.82) is 5.26 Å². The van der Waals surface area contributed by atoms with E-state index in [1.54, 1.807) is 12.1 Å². The van der Waals surface area contributed by atoms with E-state index in [9.17, 15) is 4.79 Å². The maximum absolute atomic E-state index is 11.9. The molecule has 2 N–H and O–H groups in total. The number of benzene rings is 1. The van der Waals surface area contributed by atoms with Crippen LogP contribution in [0, 0.1) is 25.2 Å². The minimum Gasteiger partial charge on any atom is -0.368 e. The molecule has 1 aromatic carbocycles.